The van der Waals surface area contributed by atoms with Gasteiger partial charge in [0.15, 0.2) is 0 Å². The highest BCUT2D eigenvalue weighted by Gasteiger charge is 2.04. The van der Waals surface area contributed by atoms with Gasteiger partial charge in [0.05, 0.1) is 6.26 Å². The van der Waals surface area contributed by atoms with Gasteiger partial charge in [-0.05, 0) is 31.0 Å². The van der Waals surface area contributed by atoms with Gasteiger partial charge in [0.1, 0.15) is 5.58 Å². The van der Waals surface area contributed by atoms with Crippen LogP contribution in [0.5, 0.6) is 0 Å². The summed E-state index contributed by atoms with van der Waals surface area (Å²) in [6.07, 6.45) is 2.88. The van der Waals surface area contributed by atoms with Crippen molar-refractivity contribution in [1.82, 2.24) is 0 Å². The maximum absolute atomic E-state index is 5.44. The molecule has 2 heteroatoms. The van der Waals surface area contributed by atoms with Crippen LogP contribution in [0.4, 0.5) is 0 Å². The zero-order chi connectivity index (χ0) is 9.26. The molecule has 68 valence electrons. The molecule has 0 amide bonds. The van der Waals surface area contributed by atoms with Gasteiger partial charge in [0, 0.05) is 10.7 Å². The van der Waals surface area contributed by atoms with E-state index in [1.165, 1.54) is 16.5 Å². The second-order valence-electron chi connectivity index (χ2n) is 3.20. The summed E-state index contributed by atoms with van der Waals surface area (Å²) in [5.41, 5.74) is 3.56. The van der Waals surface area contributed by atoms with E-state index in [4.69, 9.17) is 4.42 Å². The van der Waals surface area contributed by atoms with Crippen LogP contribution in [0, 0.1) is 6.92 Å². The van der Waals surface area contributed by atoms with Gasteiger partial charge in [-0.2, -0.15) is 0 Å². The maximum Gasteiger partial charge on any atom is 0.134 e. The summed E-state index contributed by atoms with van der Waals surface area (Å²) in [6, 6.07) is 6.28. The molecule has 0 radical (unpaired) electrons. The minimum absolute atomic E-state index is 0.982. The van der Waals surface area contributed by atoms with Gasteiger partial charge < -0.3 is 4.42 Å². The molecule has 0 aliphatic carbocycles. The fourth-order valence-electron chi connectivity index (χ4n) is 1.49. The molecule has 0 spiro atoms. The molecule has 0 saturated heterocycles. The first-order valence-corrected chi connectivity index (χ1v) is 5.46. The molecule has 0 aliphatic rings. The number of hydrogen-bond donors (Lipinski definition) is 0. The minimum Gasteiger partial charge on any atom is -0.464 e. The van der Waals surface area contributed by atoms with Crippen LogP contribution in [0.1, 0.15) is 11.1 Å². The largest absolute Gasteiger partial charge is 0.464 e. The molecule has 1 nitrogen and oxygen atoms in total. The highest BCUT2D eigenvalue weighted by molar-refractivity contribution is 9.09. The van der Waals surface area contributed by atoms with E-state index in [0.717, 1.165) is 17.3 Å². The van der Waals surface area contributed by atoms with Crippen LogP contribution in [0.25, 0.3) is 11.0 Å². The molecule has 0 fully saturated rings. The Bertz CT molecular complexity index is 417. The molecule has 0 unspecified atom stereocenters. The predicted octanol–water partition coefficient (Wildman–Crippen LogP) is 3.68. The lowest BCUT2D eigenvalue weighted by Crippen LogP contribution is -1.82. The van der Waals surface area contributed by atoms with E-state index in [0.29, 0.717) is 0 Å². The van der Waals surface area contributed by atoms with Gasteiger partial charge in [-0.1, -0.05) is 27.6 Å². The first-order chi connectivity index (χ1) is 6.31. The summed E-state index contributed by atoms with van der Waals surface area (Å²) < 4.78 is 5.44. The van der Waals surface area contributed by atoms with Crippen LogP contribution >= 0.6 is 15.9 Å². The lowest BCUT2D eigenvalue weighted by atomic mass is 10.1. The number of furan rings is 1. The number of fused-ring (bicyclic) bond motifs is 1. The fraction of sp³-hybridized carbons (Fsp3) is 0.273. The topological polar surface area (TPSA) is 13.1 Å². The molecule has 2 rings (SSSR count). The average molecular weight is 239 g/mol. The molecular weight excluding hydrogens is 228 g/mol. The molecule has 0 bridgehead atoms. The van der Waals surface area contributed by atoms with Crippen LogP contribution in [-0.4, -0.2) is 5.33 Å². The zero-order valence-corrected chi connectivity index (χ0v) is 9.10. The van der Waals surface area contributed by atoms with Crippen LogP contribution in [0.2, 0.25) is 0 Å². The van der Waals surface area contributed by atoms with Crippen molar-refractivity contribution in [3.63, 3.8) is 0 Å². The van der Waals surface area contributed by atoms with Crippen molar-refractivity contribution >= 4 is 26.9 Å². The Labute approximate surface area is 85.9 Å². The monoisotopic (exact) mass is 238 g/mol. The normalized spacial score (nSPS) is 10.9. The molecule has 13 heavy (non-hydrogen) atoms. The third-order valence-corrected chi connectivity index (χ3v) is 2.57. The van der Waals surface area contributed by atoms with Crippen molar-refractivity contribution in [1.29, 1.82) is 0 Å². The SMILES string of the molecule is Cc1ccc2occ(CCBr)c2c1. The Hall–Kier alpha value is -0.760. The summed E-state index contributed by atoms with van der Waals surface area (Å²) in [5, 5.41) is 2.23. The van der Waals surface area contributed by atoms with Crippen LogP contribution in [0.15, 0.2) is 28.9 Å². The smallest absolute Gasteiger partial charge is 0.134 e. The lowest BCUT2D eigenvalue weighted by molar-refractivity contribution is 0.611. The summed E-state index contributed by atoms with van der Waals surface area (Å²) in [4.78, 5) is 0. The quantitative estimate of drug-likeness (QED) is 0.728. The molecular formula is C11H11BrO. The molecule has 2 aromatic rings. The zero-order valence-electron chi connectivity index (χ0n) is 7.51. The second kappa shape index (κ2) is 3.54. The number of aryl methyl sites for hydroxylation is 2. The molecule has 0 atom stereocenters. The molecule has 0 aliphatic heterocycles. The van der Waals surface area contributed by atoms with Gasteiger partial charge >= 0.3 is 0 Å². The molecule has 0 N–H and O–H groups in total. The van der Waals surface area contributed by atoms with Gasteiger partial charge in [-0.25, -0.2) is 0 Å². The number of halogens is 1. The highest BCUT2D eigenvalue weighted by Crippen LogP contribution is 2.22. The molecule has 1 heterocycles. The fourth-order valence-corrected chi connectivity index (χ4v) is 1.92. The molecule has 1 aromatic heterocycles. The van der Waals surface area contributed by atoms with Crippen molar-refractivity contribution in [3.8, 4) is 0 Å². The van der Waals surface area contributed by atoms with Crippen molar-refractivity contribution in [2.24, 2.45) is 0 Å². The van der Waals surface area contributed by atoms with Crippen molar-refractivity contribution in [2.45, 2.75) is 13.3 Å². The number of rotatable bonds is 2. The van der Waals surface area contributed by atoms with Crippen LogP contribution in [0.3, 0.4) is 0 Å². The second-order valence-corrected chi connectivity index (χ2v) is 3.99. The Morgan fingerprint density at radius 3 is 3.00 bits per heavy atom. The van der Waals surface area contributed by atoms with Gasteiger partial charge in [0.2, 0.25) is 0 Å². The summed E-state index contributed by atoms with van der Waals surface area (Å²) in [6.45, 7) is 2.10. The third-order valence-electron chi connectivity index (χ3n) is 2.17. The van der Waals surface area contributed by atoms with E-state index in [9.17, 15) is 0 Å². The van der Waals surface area contributed by atoms with Crippen LogP contribution < -0.4 is 0 Å². The Morgan fingerprint density at radius 2 is 2.23 bits per heavy atom. The van der Waals surface area contributed by atoms with E-state index in [2.05, 4.69) is 35.0 Å². The standard InChI is InChI=1S/C11H11BrO/c1-8-2-3-11-10(6-8)9(4-5-12)7-13-11/h2-3,6-7H,4-5H2,1H3. The number of hydrogen-bond acceptors (Lipinski definition) is 1. The predicted molar refractivity (Wildman–Crippen MR) is 58.4 cm³/mol. The maximum atomic E-state index is 5.44. The summed E-state index contributed by atoms with van der Waals surface area (Å²) in [5.74, 6) is 0. The Balaban J connectivity index is 2.58. The molecule has 0 saturated carbocycles. The minimum atomic E-state index is 0.982. The van der Waals surface area contributed by atoms with Gasteiger partial charge in [-0.3, -0.25) is 0 Å². The third kappa shape index (κ3) is 1.63. The average Bonchev–Trinajstić information content (AvgIpc) is 2.49. The van der Waals surface area contributed by atoms with Crippen molar-refractivity contribution in [3.05, 3.63) is 35.6 Å². The highest BCUT2D eigenvalue weighted by atomic mass is 79.9. The first kappa shape index (κ1) is 8.82. The van der Waals surface area contributed by atoms with Gasteiger partial charge in [-0.15, -0.1) is 0 Å². The summed E-state index contributed by atoms with van der Waals surface area (Å²) in [7, 11) is 0. The van der Waals surface area contributed by atoms with Gasteiger partial charge in [0.25, 0.3) is 0 Å². The lowest BCUT2D eigenvalue weighted by Gasteiger charge is -1.94. The van der Waals surface area contributed by atoms with E-state index in [1.54, 1.807) is 0 Å². The van der Waals surface area contributed by atoms with E-state index >= 15 is 0 Å². The molecule has 1 aromatic carbocycles. The number of alkyl halides is 1. The van der Waals surface area contributed by atoms with E-state index in [-0.39, 0.29) is 0 Å². The van der Waals surface area contributed by atoms with Crippen molar-refractivity contribution < 1.29 is 4.42 Å². The van der Waals surface area contributed by atoms with Crippen LogP contribution in [-0.2, 0) is 6.42 Å². The Morgan fingerprint density at radius 1 is 1.38 bits per heavy atom. The van der Waals surface area contributed by atoms with E-state index < -0.39 is 0 Å². The summed E-state index contributed by atoms with van der Waals surface area (Å²) >= 11 is 3.43. The first-order valence-electron chi connectivity index (χ1n) is 4.34. The Kier molecular flexibility index (Phi) is 2.40. The van der Waals surface area contributed by atoms with Crippen molar-refractivity contribution in [2.75, 3.05) is 5.33 Å². The van der Waals surface area contributed by atoms with E-state index in [1.807, 2.05) is 12.3 Å². The number of benzene rings is 1.